The summed E-state index contributed by atoms with van der Waals surface area (Å²) in [5, 5.41) is 0. The number of rotatable bonds is 9. The molecule has 124 valence electrons. The van der Waals surface area contributed by atoms with Crippen LogP contribution in [-0.2, 0) is 6.42 Å². The van der Waals surface area contributed by atoms with Crippen molar-refractivity contribution in [1.29, 1.82) is 0 Å². The van der Waals surface area contributed by atoms with Crippen LogP contribution in [0.5, 0.6) is 11.5 Å². The summed E-state index contributed by atoms with van der Waals surface area (Å²) >= 11 is 0. The number of hydrogen-bond donors (Lipinski definition) is 1. The van der Waals surface area contributed by atoms with Crippen LogP contribution in [0, 0.1) is 0 Å². The van der Waals surface area contributed by atoms with Gasteiger partial charge in [0.05, 0.1) is 13.7 Å². The lowest BCUT2D eigenvalue weighted by Gasteiger charge is -2.16. The molecule has 0 aromatic heterocycles. The Morgan fingerprint density at radius 3 is 2.48 bits per heavy atom. The molecule has 2 rings (SSSR count). The summed E-state index contributed by atoms with van der Waals surface area (Å²) in [6, 6.07) is 16.5. The zero-order chi connectivity index (χ0) is 16.5. The van der Waals surface area contributed by atoms with Crippen LogP contribution in [0.15, 0.2) is 48.5 Å². The third-order valence-electron chi connectivity index (χ3n) is 4.14. The van der Waals surface area contributed by atoms with Crippen molar-refractivity contribution in [3.05, 3.63) is 59.7 Å². The Labute approximate surface area is 139 Å². The summed E-state index contributed by atoms with van der Waals surface area (Å²) < 4.78 is 11.1. The fraction of sp³-hybridized carbons (Fsp3) is 0.400. The Hall–Kier alpha value is -2.00. The highest BCUT2D eigenvalue weighted by atomic mass is 16.5. The molecule has 3 heteroatoms. The van der Waals surface area contributed by atoms with Crippen molar-refractivity contribution in [2.75, 3.05) is 20.3 Å². The Kier molecular flexibility index (Phi) is 6.95. The standard InChI is InChI=1S/C20H27NO2/c1-3-16-6-4-8-20(14-16)23-13-5-7-18(15-21)17-9-11-19(22-2)12-10-17/h4,6,8-12,14,18H,3,5,7,13,15,21H2,1-2H3. The number of aryl methyl sites for hydroxylation is 1. The van der Waals surface area contributed by atoms with E-state index < -0.39 is 0 Å². The monoisotopic (exact) mass is 313 g/mol. The van der Waals surface area contributed by atoms with Crippen LogP contribution in [0.1, 0.15) is 36.8 Å². The Morgan fingerprint density at radius 1 is 1.04 bits per heavy atom. The first-order valence-electron chi connectivity index (χ1n) is 8.32. The summed E-state index contributed by atoms with van der Waals surface area (Å²) in [6.07, 6.45) is 3.05. The molecule has 0 fully saturated rings. The van der Waals surface area contributed by atoms with Crippen LogP contribution in [-0.4, -0.2) is 20.3 Å². The van der Waals surface area contributed by atoms with Gasteiger partial charge in [-0.05, 0) is 67.1 Å². The molecule has 0 saturated heterocycles. The fourth-order valence-corrected chi connectivity index (χ4v) is 2.67. The van der Waals surface area contributed by atoms with Crippen molar-refractivity contribution in [2.24, 2.45) is 5.73 Å². The molecular formula is C20H27NO2. The van der Waals surface area contributed by atoms with Gasteiger partial charge < -0.3 is 15.2 Å². The largest absolute Gasteiger partial charge is 0.497 e. The molecule has 0 bridgehead atoms. The molecule has 0 aliphatic heterocycles. The highest BCUT2D eigenvalue weighted by molar-refractivity contribution is 5.30. The fourth-order valence-electron chi connectivity index (χ4n) is 2.67. The van der Waals surface area contributed by atoms with Gasteiger partial charge in [0.25, 0.3) is 0 Å². The van der Waals surface area contributed by atoms with Gasteiger partial charge in [-0.2, -0.15) is 0 Å². The second kappa shape index (κ2) is 9.21. The zero-order valence-electron chi connectivity index (χ0n) is 14.1. The van der Waals surface area contributed by atoms with E-state index in [0.717, 1.165) is 37.4 Å². The topological polar surface area (TPSA) is 44.5 Å². The molecule has 23 heavy (non-hydrogen) atoms. The summed E-state index contributed by atoms with van der Waals surface area (Å²) in [6.45, 7) is 3.53. The molecule has 0 saturated carbocycles. The predicted octanol–water partition coefficient (Wildman–Crippen LogP) is 4.16. The first-order valence-corrected chi connectivity index (χ1v) is 8.32. The number of nitrogens with two attached hydrogens (primary N) is 1. The number of methoxy groups -OCH3 is 1. The lowest BCUT2D eigenvalue weighted by atomic mass is 9.94. The number of benzene rings is 2. The minimum Gasteiger partial charge on any atom is -0.497 e. The van der Waals surface area contributed by atoms with Crippen LogP contribution in [0.25, 0.3) is 0 Å². The molecule has 0 aliphatic rings. The molecular weight excluding hydrogens is 286 g/mol. The van der Waals surface area contributed by atoms with E-state index in [1.807, 2.05) is 24.3 Å². The molecule has 0 heterocycles. The summed E-state index contributed by atoms with van der Waals surface area (Å²) in [5.74, 6) is 2.20. The highest BCUT2D eigenvalue weighted by Gasteiger charge is 2.09. The molecule has 0 radical (unpaired) electrons. The van der Waals surface area contributed by atoms with Crippen molar-refractivity contribution in [1.82, 2.24) is 0 Å². The number of hydrogen-bond acceptors (Lipinski definition) is 3. The van der Waals surface area contributed by atoms with Crippen LogP contribution >= 0.6 is 0 Å². The molecule has 2 aromatic carbocycles. The van der Waals surface area contributed by atoms with Crippen LogP contribution in [0.3, 0.4) is 0 Å². The van der Waals surface area contributed by atoms with Gasteiger partial charge in [0.1, 0.15) is 11.5 Å². The van der Waals surface area contributed by atoms with E-state index in [-0.39, 0.29) is 0 Å². The Morgan fingerprint density at radius 2 is 1.83 bits per heavy atom. The van der Waals surface area contributed by atoms with E-state index in [1.54, 1.807) is 7.11 Å². The molecule has 0 aliphatic carbocycles. The van der Waals surface area contributed by atoms with Crippen LogP contribution in [0.2, 0.25) is 0 Å². The van der Waals surface area contributed by atoms with Gasteiger partial charge in [0, 0.05) is 0 Å². The first kappa shape index (κ1) is 17.4. The van der Waals surface area contributed by atoms with Gasteiger partial charge in [-0.15, -0.1) is 0 Å². The maximum Gasteiger partial charge on any atom is 0.119 e. The summed E-state index contributed by atoms with van der Waals surface area (Å²) in [5.41, 5.74) is 8.51. The van der Waals surface area contributed by atoms with Gasteiger partial charge >= 0.3 is 0 Å². The minimum atomic E-state index is 0.367. The maximum absolute atomic E-state index is 5.93. The van der Waals surface area contributed by atoms with E-state index in [9.17, 15) is 0 Å². The smallest absolute Gasteiger partial charge is 0.119 e. The molecule has 3 nitrogen and oxygen atoms in total. The lowest BCUT2D eigenvalue weighted by molar-refractivity contribution is 0.301. The van der Waals surface area contributed by atoms with Crippen molar-refractivity contribution in [2.45, 2.75) is 32.1 Å². The highest BCUT2D eigenvalue weighted by Crippen LogP contribution is 2.23. The third-order valence-corrected chi connectivity index (χ3v) is 4.14. The second-order valence-electron chi connectivity index (χ2n) is 5.70. The molecule has 0 spiro atoms. The third kappa shape index (κ3) is 5.29. The SMILES string of the molecule is CCc1cccc(OCCCC(CN)c2ccc(OC)cc2)c1. The Balaban J connectivity index is 1.80. The lowest BCUT2D eigenvalue weighted by Crippen LogP contribution is -2.13. The molecule has 2 N–H and O–H groups in total. The van der Waals surface area contributed by atoms with Gasteiger partial charge in [-0.3, -0.25) is 0 Å². The van der Waals surface area contributed by atoms with E-state index in [0.29, 0.717) is 12.5 Å². The van der Waals surface area contributed by atoms with E-state index in [4.69, 9.17) is 15.2 Å². The van der Waals surface area contributed by atoms with E-state index in [1.165, 1.54) is 11.1 Å². The van der Waals surface area contributed by atoms with E-state index >= 15 is 0 Å². The van der Waals surface area contributed by atoms with Crippen LogP contribution in [0.4, 0.5) is 0 Å². The average Bonchev–Trinajstić information content (AvgIpc) is 2.62. The zero-order valence-corrected chi connectivity index (χ0v) is 14.1. The average molecular weight is 313 g/mol. The van der Waals surface area contributed by atoms with Gasteiger partial charge in [-0.25, -0.2) is 0 Å². The number of ether oxygens (including phenoxy) is 2. The van der Waals surface area contributed by atoms with Crippen LogP contribution < -0.4 is 15.2 Å². The van der Waals surface area contributed by atoms with Gasteiger partial charge in [0.15, 0.2) is 0 Å². The second-order valence-corrected chi connectivity index (χ2v) is 5.70. The first-order chi connectivity index (χ1) is 11.3. The predicted molar refractivity (Wildman–Crippen MR) is 95.3 cm³/mol. The maximum atomic E-state index is 5.93. The Bertz CT molecular complexity index is 580. The summed E-state index contributed by atoms with van der Waals surface area (Å²) in [7, 11) is 1.68. The van der Waals surface area contributed by atoms with Crippen molar-refractivity contribution < 1.29 is 9.47 Å². The quantitative estimate of drug-likeness (QED) is 0.707. The van der Waals surface area contributed by atoms with Crippen molar-refractivity contribution >= 4 is 0 Å². The van der Waals surface area contributed by atoms with Gasteiger partial charge in [0.2, 0.25) is 0 Å². The van der Waals surface area contributed by atoms with Crippen molar-refractivity contribution in [3.63, 3.8) is 0 Å². The van der Waals surface area contributed by atoms with Crippen molar-refractivity contribution in [3.8, 4) is 11.5 Å². The minimum absolute atomic E-state index is 0.367. The molecule has 1 atom stereocenters. The normalized spacial score (nSPS) is 12.0. The van der Waals surface area contributed by atoms with E-state index in [2.05, 4.69) is 31.2 Å². The summed E-state index contributed by atoms with van der Waals surface area (Å²) in [4.78, 5) is 0. The molecule has 0 amide bonds. The molecule has 2 aromatic rings. The molecule has 1 unspecified atom stereocenters. The van der Waals surface area contributed by atoms with Gasteiger partial charge in [-0.1, -0.05) is 31.2 Å².